The van der Waals surface area contributed by atoms with E-state index in [9.17, 15) is 4.39 Å². The molecule has 112 valence electrons. The van der Waals surface area contributed by atoms with E-state index in [4.69, 9.17) is 0 Å². The Kier molecular flexibility index (Phi) is 3.03. The van der Waals surface area contributed by atoms with E-state index in [0.29, 0.717) is 18.2 Å². The van der Waals surface area contributed by atoms with Crippen LogP contribution in [0.4, 0.5) is 10.2 Å². The van der Waals surface area contributed by atoms with Crippen molar-refractivity contribution >= 4 is 16.9 Å². The van der Waals surface area contributed by atoms with Crippen LogP contribution in [0, 0.1) is 5.82 Å². The van der Waals surface area contributed by atoms with Gasteiger partial charge in [0.15, 0.2) is 5.65 Å². The molecule has 3 aromatic rings. The smallest absolute Gasteiger partial charge is 0.163 e. The summed E-state index contributed by atoms with van der Waals surface area (Å²) >= 11 is 0. The molecule has 5 nitrogen and oxygen atoms in total. The quantitative estimate of drug-likeness (QED) is 0.743. The highest BCUT2D eigenvalue weighted by atomic mass is 19.1. The van der Waals surface area contributed by atoms with Crippen molar-refractivity contribution in [2.75, 3.05) is 4.90 Å². The molecular formula is C16H16FN5. The number of hydrogen-bond acceptors (Lipinski definition) is 4. The monoisotopic (exact) mass is 297 g/mol. The molecule has 1 aromatic carbocycles. The molecule has 0 amide bonds. The number of nitrogens with zero attached hydrogens (tertiary/aromatic N) is 5. The van der Waals surface area contributed by atoms with Gasteiger partial charge in [-0.15, -0.1) is 0 Å². The Labute approximate surface area is 127 Å². The molecular weight excluding hydrogens is 281 g/mol. The van der Waals surface area contributed by atoms with E-state index in [-0.39, 0.29) is 5.82 Å². The minimum absolute atomic E-state index is 0.176. The largest absolute Gasteiger partial charge is 0.348 e. The second-order valence-electron chi connectivity index (χ2n) is 5.65. The lowest BCUT2D eigenvalue weighted by atomic mass is 10.2. The molecule has 2 heterocycles. The minimum atomic E-state index is -0.176. The molecule has 0 unspecified atom stereocenters. The molecule has 0 saturated heterocycles. The zero-order valence-electron chi connectivity index (χ0n) is 12.3. The van der Waals surface area contributed by atoms with Crippen LogP contribution in [0.15, 0.2) is 36.8 Å². The third kappa shape index (κ3) is 2.20. The van der Waals surface area contributed by atoms with Gasteiger partial charge in [-0.25, -0.2) is 14.4 Å². The van der Waals surface area contributed by atoms with Crippen LogP contribution in [0.2, 0.25) is 0 Å². The van der Waals surface area contributed by atoms with E-state index in [2.05, 4.69) is 20.0 Å². The Morgan fingerprint density at radius 2 is 2.09 bits per heavy atom. The Morgan fingerprint density at radius 3 is 2.86 bits per heavy atom. The number of hydrogen-bond donors (Lipinski definition) is 0. The maximum atomic E-state index is 14.0. The van der Waals surface area contributed by atoms with Crippen LogP contribution in [-0.2, 0) is 13.6 Å². The van der Waals surface area contributed by atoms with Crippen molar-refractivity contribution in [1.82, 2.24) is 19.7 Å². The third-order valence-electron chi connectivity index (χ3n) is 4.07. The van der Waals surface area contributed by atoms with Crippen LogP contribution in [-0.4, -0.2) is 25.8 Å². The number of rotatable bonds is 4. The zero-order valence-corrected chi connectivity index (χ0v) is 12.3. The van der Waals surface area contributed by atoms with E-state index in [0.717, 1.165) is 29.7 Å². The van der Waals surface area contributed by atoms with Gasteiger partial charge in [-0.05, 0) is 18.9 Å². The molecule has 0 aliphatic heterocycles. The van der Waals surface area contributed by atoms with E-state index in [1.54, 1.807) is 23.3 Å². The first kappa shape index (κ1) is 13.2. The summed E-state index contributed by atoms with van der Waals surface area (Å²) in [6.45, 7) is 0.512. The van der Waals surface area contributed by atoms with Gasteiger partial charge in [0.05, 0.1) is 11.6 Å². The minimum Gasteiger partial charge on any atom is -0.348 e. The highest BCUT2D eigenvalue weighted by molar-refractivity contribution is 5.86. The summed E-state index contributed by atoms with van der Waals surface area (Å²) in [5.41, 5.74) is 1.48. The molecule has 6 heteroatoms. The molecule has 1 aliphatic rings. The number of benzene rings is 1. The van der Waals surface area contributed by atoms with Gasteiger partial charge in [0, 0.05) is 25.2 Å². The molecule has 0 bridgehead atoms. The molecule has 1 fully saturated rings. The Bertz CT molecular complexity index is 824. The van der Waals surface area contributed by atoms with Crippen molar-refractivity contribution < 1.29 is 4.39 Å². The van der Waals surface area contributed by atoms with Crippen LogP contribution in [0.3, 0.4) is 0 Å². The summed E-state index contributed by atoms with van der Waals surface area (Å²) in [5.74, 6) is 0.661. The van der Waals surface area contributed by atoms with Crippen LogP contribution in [0.5, 0.6) is 0 Å². The molecule has 22 heavy (non-hydrogen) atoms. The molecule has 4 rings (SSSR count). The van der Waals surface area contributed by atoms with Crippen LogP contribution in [0.25, 0.3) is 11.0 Å². The van der Waals surface area contributed by atoms with Crippen LogP contribution < -0.4 is 4.90 Å². The first-order valence-electron chi connectivity index (χ1n) is 7.37. The van der Waals surface area contributed by atoms with Gasteiger partial charge in [0.2, 0.25) is 0 Å². The first-order valence-corrected chi connectivity index (χ1v) is 7.37. The lowest BCUT2D eigenvalue weighted by Gasteiger charge is -2.24. The maximum absolute atomic E-state index is 14.0. The highest BCUT2D eigenvalue weighted by Crippen LogP contribution is 2.35. The summed E-state index contributed by atoms with van der Waals surface area (Å²) in [6.07, 6.45) is 5.55. The van der Waals surface area contributed by atoms with Gasteiger partial charge in [-0.1, -0.05) is 18.2 Å². The molecule has 1 saturated carbocycles. The summed E-state index contributed by atoms with van der Waals surface area (Å²) in [5, 5.41) is 5.17. The molecule has 0 atom stereocenters. The lowest BCUT2D eigenvalue weighted by molar-refractivity contribution is 0.602. The SMILES string of the molecule is Cn1ncc2c(N(Cc3ccccc3F)C3CC3)ncnc21. The average molecular weight is 297 g/mol. The van der Waals surface area contributed by atoms with Gasteiger partial charge in [-0.2, -0.15) is 5.10 Å². The normalized spacial score (nSPS) is 14.5. The van der Waals surface area contributed by atoms with Crippen molar-refractivity contribution in [2.45, 2.75) is 25.4 Å². The molecule has 1 aliphatic carbocycles. The van der Waals surface area contributed by atoms with Gasteiger partial charge < -0.3 is 4.90 Å². The predicted octanol–water partition coefficient (Wildman–Crippen LogP) is 2.67. The lowest BCUT2D eigenvalue weighted by Crippen LogP contribution is -2.26. The predicted molar refractivity (Wildman–Crippen MR) is 81.9 cm³/mol. The van der Waals surface area contributed by atoms with Gasteiger partial charge >= 0.3 is 0 Å². The fourth-order valence-electron chi connectivity index (χ4n) is 2.75. The molecule has 0 N–H and O–H groups in total. The summed E-state index contributed by atoms with van der Waals surface area (Å²) in [6, 6.07) is 7.32. The van der Waals surface area contributed by atoms with E-state index in [1.807, 2.05) is 19.2 Å². The number of anilines is 1. The van der Waals surface area contributed by atoms with E-state index in [1.165, 1.54) is 6.07 Å². The summed E-state index contributed by atoms with van der Waals surface area (Å²) in [4.78, 5) is 10.9. The second-order valence-corrected chi connectivity index (χ2v) is 5.65. The highest BCUT2D eigenvalue weighted by Gasteiger charge is 2.32. The summed E-state index contributed by atoms with van der Waals surface area (Å²) < 4.78 is 15.7. The second kappa shape index (κ2) is 5.05. The van der Waals surface area contributed by atoms with Crippen molar-refractivity contribution in [3.63, 3.8) is 0 Å². The van der Waals surface area contributed by atoms with Crippen molar-refractivity contribution in [3.8, 4) is 0 Å². The van der Waals surface area contributed by atoms with Crippen molar-refractivity contribution in [3.05, 3.63) is 48.2 Å². The average Bonchev–Trinajstić information content (AvgIpc) is 3.30. The number of aryl methyl sites for hydroxylation is 1. The van der Waals surface area contributed by atoms with Crippen molar-refractivity contribution in [2.24, 2.45) is 7.05 Å². The number of halogens is 1. The molecule has 2 aromatic heterocycles. The van der Waals surface area contributed by atoms with Gasteiger partial charge in [-0.3, -0.25) is 4.68 Å². The standard InChI is InChI=1S/C16H16FN5/c1-21-15-13(8-20-21)16(19-10-18-15)22(12-6-7-12)9-11-4-2-3-5-14(11)17/h2-5,8,10,12H,6-7,9H2,1H3. The topological polar surface area (TPSA) is 46.8 Å². The Hall–Kier alpha value is -2.50. The fraction of sp³-hybridized carbons (Fsp3) is 0.312. The van der Waals surface area contributed by atoms with E-state index >= 15 is 0 Å². The number of aromatic nitrogens is 4. The van der Waals surface area contributed by atoms with Crippen LogP contribution in [0.1, 0.15) is 18.4 Å². The number of fused-ring (bicyclic) bond motifs is 1. The van der Waals surface area contributed by atoms with Gasteiger partial charge in [0.25, 0.3) is 0 Å². The molecule has 0 spiro atoms. The molecule has 0 radical (unpaired) electrons. The maximum Gasteiger partial charge on any atom is 0.163 e. The van der Waals surface area contributed by atoms with Crippen LogP contribution >= 0.6 is 0 Å². The first-order chi connectivity index (χ1) is 10.7. The third-order valence-corrected chi connectivity index (χ3v) is 4.07. The van der Waals surface area contributed by atoms with Gasteiger partial charge in [0.1, 0.15) is 18.0 Å². The fourth-order valence-corrected chi connectivity index (χ4v) is 2.75. The van der Waals surface area contributed by atoms with E-state index < -0.39 is 0 Å². The summed E-state index contributed by atoms with van der Waals surface area (Å²) in [7, 11) is 1.86. The Morgan fingerprint density at radius 1 is 1.27 bits per heavy atom. The Balaban J connectivity index is 1.77. The zero-order chi connectivity index (χ0) is 15.1. The van der Waals surface area contributed by atoms with Crippen molar-refractivity contribution in [1.29, 1.82) is 0 Å².